The van der Waals surface area contributed by atoms with E-state index >= 15 is 0 Å². The smallest absolute Gasteiger partial charge is 0.219 e. The Morgan fingerprint density at radius 1 is 1.14 bits per heavy atom. The number of hydrogen-bond acceptors (Lipinski definition) is 6. The van der Waals surface area contributed by atoms with Crippen molar-refractivity contribution in [1.82, 2.24) is 14.8 Å². The summed E-state index contributed by atoms with van der Waals surface area (Å²) < 4.78 is 10.8. The number of nitrogen functional groups attached to an aromatic ring is 1. The molecule has 2 aromatic carbocycles. The molecule has 0 bridgehead atoms. The minimum Gasteiger partial charge on any atom is -0.437 e. The van der Waals surface area contributed by atoms with Crippen LogP contribution in [0, 0.1) is 13.8 Å². The molecule has 0 radical (unpaired) electrons. The van der Waals surface area contributed by atoms with Gasteiger partial charge in [0.05, 0.1) is 23.1 Å². The largest absolute Gasteiger partial charge is 0.437 e. The van der Waals surface area contributed by atoms with Gasteiger partial charge in [0.1, 0.15) is 11.6 Å². The van der Waals surface area contributed by atoms with E-state index in [1.54, 1.807) is 41.2 Å². The lowest BCUT2D eigenvalue weighted by atomic mass is 9.98. The molecule has 0 aliphatic carbocycles. The van der Waals surface area contributed by atoms with E-state index in [9.17, 15) is 0 Å². The van der Waals surface area contributed by atoms with Crippen molar-refractivity contribution in [2.45, 2.75) is 20.8 Å². The molecule has 0 spiro atoms. The van der Waals surface area contributed by atoms with Gasteiger partial charge in [0, 0.05) is 23.6 Å². The Bertz CT molecular complexity index is 1460. The number of benzene rings is 2. The van der Waals surface area contributed by atoms with Crippen LogP contribution in [0.15, 0.2) is 73.1 Å². The maximum Gasteiger partial charge on any atom is 0.219 e. The van der Waals surface area contributed by atoms with Crippen LogP contribution in [0.25, 0.3) is 17.3 Å². The monoisotopic (exact) mass is 517 g/mol. The van der Waals surface area contributed by atoms with Gasteiger partial charge in [0.15, 0.2) is 0 Å². The fraction of sp³-hybridized carbons (Fsp3) is 0.143. The number of ether oxygens (including phenoxy) is 1. The molecule has 0 saturated carbocycles. The molecule has 0 unspecified atom stereocenters. The standard InChI is InChI=1S/C28H28ClN5OS/c1-17(12-21-10-11-22(33-36-5)13-18(21)2)20(4)23-15-32-34(28(23)30)25-16-31-27(14-19(25)3)35-26-9-7-6-8-24(26)29/h6-16,33H,4,30H2,1-3,5H3/b17-12+. The first-order chi connectivity index (χ1) is 17.3. The first-order valence-corrected chi connectivity index (χ1v) is 12.9. The zero-order valence-corrected chi connectivity index (χ0v) is 22.2. The fourth-order valence-corrected chi connectivity index (χ4v) is 4.31. The first-order valence-electron chi connectivity index (χ1n) is 11.3. The van der Waals surface area contributed by atoms with Crippen molar-refractivity contribution >= 4 is 46.7 Å². The van der Waals surface area contributed by atoms with E-state index in [0.29, 0.717) is 22.5 Å². The van der Waals surface area contributed by atoms with Gasteiger partial charge in [-0.1, -0.05) is 54.4 Å². The SMILES string of the molecule is C=C(/C(C)=C/c1ccc(NSC)cc1C)c1cnn(-c2cnc(Oc3ccccc3Cl)cc2C)c1N. The van der Waals surface area contributed by atoms with Crippen molar-refractivity contribution < 1.29 is 4.74 Å². The number of para-hydroxylation sites is 1. The second kappa shape index (κ2) is 10.9. The molecular formula is C28H28ClN5OS. The number of nitrogens with zero attached hydrogens (tertiary/aromatic N) is 3. The molecule has 0 aliphatic rings. The van der Waals surface area contributed by atoms with Gasteiger partial charge in [-0.3, -0.25) is 0 Å². The predicted molar refractivity (Wildman–Crippen MR) is 153 cm³/mol. The van der Waals surface area contributed by atoms with Gasteiger partial charge in [-0.05, 0) is 72.9 Å². The third kappa shape index (κ3) is 5.42. The molecule has 0 atom stereocenters. The number of nitrogens with one attached hydrogen (secondary N) is 1. The minimum atomic E-state index is 0.438. The summed E-state index contributed by atoms with van der Waals surface area (Å²) in [5, 5.41) is 5.05. The van der Waals surface area contributed by atoms with Gasteiger partial charge in [0.25, 0.3) is 0 Å². The maximum atomic E-state index is 6.53. The van der Waals surface area contributed by atoms with Crippen molar-refractivity contribution in [3.63, 3.8) is 0 Å². The highest BCUT2D eigenvalue weighted by atomic mass is 35.5. The zero-order chi connectivity index (χ0) is 25.8. The summed E-state index contributed by atoms with van der Waals surface area (Å²) in [4.78, 5) is 4.43. The first kappa shape index (κ1) is 25.4. The van der Waals surface area contributed by atoms with Crippen molar-refractivity contribution in [2.75, 3.05) is 16.7 Å². The number of anilines is 2. The Balaban J connectivity index is 1.57. The second-order valence-electron chi connectivity index (χ2n) is 8.38. The quantitative estimate of drug-likeness (QED) is 0.184. The van der Waals surface area contributed by atoms with Gasteiger partial charge >= 0.3 is 0 Å². The molecule has 0 fully saturated rings. The Kier molecular flexibility index (Phi) is 7.72. The molecule has 4 rings (SSSR count). The Morgan fingerprint density at radius 3 is 2.61 bits per heavy atom. The Hall–Kier alpha value is -3.68. The van der Waals surface area contributed by atoms with Crippen LogP contribution in [0.5, 0.6) is 11.6 Å². The molecule has 8 heteroatoms. The molecule has 4 aromatic rings. The Morgan fingerprint density at radius 2 is 1.92 bits per heavy atom. The lowest BCUT2D eigenvalue weighted by molar-refractivity contribution is 0.462. The second-order valence-corrected chi connectivity index (χ2v) is 9.40. The summed E-state index contributed by atoms with van der Waals surface area (Å²) in [6.07, 6.45) is 7.54. The molecule has 3 N–H and O–H groups in total. The predicted octanol–water partition coefficient (Wildman–Crippen LogP) is 7.72. The van der Waals surface area contributed by atoms with Crippen LogP contribution in [0.4, 0.5) is 11.5 Å². The van der Waals surface area contributed by atoms with E-state index in [0.717, 1.165) is 39.2 Å². The van der Waals surface area contributed by atoms with Crippen LogP contribution in [0.2, 0.25) is 5.02 Å². The van der Waals surface area contributed by atoms with Crippen LogP contribution >= 0.6 is 23.5 Å². The van der Waals surface area contributed by atoms with E-state index < -0.39 is 0 Å². The van der Waals surface area contributed by atoms with Crippen molar-refractivity contribution in [1.29, 1.82) is 0 Å². The van der Waals surface area contributed by atoms with Crippen molar-refractivity contribution in [3.05, 3.63) is 100 Å². The molecule has 6 nitrogen and oxygen atoms in total. The molecule has 0 amide bonds. The fourth-order valence-electron chi connectivity index (χ4n) is 3.77. The summed E-state index contributed by atoms with van der Waals surface area (Å²) in [5.74, 6) is 1.48. The average Bonchev–Trinajstić information content (AvgIpc) is 3.23. The number of halogens is 1. The zero-order valence-electron chi connectivity index (χ0n) is 20.7. The number of allylic oxidation sites excluding steroid dienone is 2. The maximum absolute atomic E-state index is 6.53. The molecule has 184 valence electrons. The summed E-state index contributed by atoms with van der Waals surface area (Å²) in [7, 11) is 0. The van der Waals surface area contributed by atoms with E-state index in [4.69, 9.17) is 22.1 Å². The van der Waals surface area contributed by atoms with Crippen LogP contribution in [-0.2, 0) is 0 Å². The number of aryl methyl sites for hydroxylation is 2. The molecule has 2 aromatic heterocycles. The van der Waals surface area contributed by atoms with Crippen LogP contribution in [-0.4, -0.2) is 21.0 Å². The lowest BCUT2D eigenvalue weighted by Crippen LogP contribution is -2.06. The third-order valence-electron chi connectivity index (χ3n) is 5.81. The highest BCUT2D eigenvalue weighted by Gasteiger charge is 2.16. The molecular weight excluding hydrogens is 490 g/mol. The summed E-state index contributed by atoms with van der Waals surface area (Å²) in [5.41, 5.74) is 14.2. The van der Waals surface area contributed by atoms with Gasteiger partial charge < -0.3 is 15.2 Å². The summed E-state index contributed by atoms with van der Waals surface area (Å²) in [6.45, 7) is 10.4. The number of nitrogens with two attached hydrogens (primary N) is 1. The normalized spacial score (nSPS) is 11.4. The molecule has 0 aliphatic heterocycles. The van der Waals surface area contributed by atoms with Gasteiger partial charge in [-0.25, -0.2) is 9.67 Å². The van der Waals surface area contributed by atoms with Crippen LogP contribution in [0.3, 0.4) is 0 Å². The van der Waals surface area contributed by atoms with E-state index in [2.05, 4.69) is 52.6 Å². The third-order valence-corrected chi connectivity index (χ3v) is 6.56. The van der Waals surface area contributed by atoms with E-state index in [-0.39, 0.29) is 0 Å². The molecule has 0 saturated heterocycles. The van der Waals surface area contributed by atoms with Gasteiger partial charge in [-0.15, -0.1) is 0 Å². The highest BCUT2D eigenvalue weighted by molar-refractivity contribution is 7.99. The number of rotatable bonds is 8. The summed E-state index contributed by atoms with van der Waals surface area (Å²) in [6, 6.07) is 15.4. The van der Waals surface area contributed by atoms with E-state index in [1.165, 1.54) is 5.56 Å². The number of pyridine rings is 1. The average molecular weight is 518 g/mol. The molecule has 2 heterocycles. The van der Waals surface area contributed by atoms with Crippen molar-refractivity contribution in [2.24, 2.45) is 0 Å². The van der Waals surface area contributed by atoms with Crippen molar-refractivity contribution in [3.8, 4) is 17.3 Å². The van der Waals surface area contributed by atoms with E-state index in [1.807, 2.05) is 38.3 Å². The number of hydrogen-bond donors (Lipinski definition) is 2. The number of aromatic nitrogens is 3. The van der Waals surface area contributed by atoms with Gasteiger partial charge in [-0.2, -0.15) is 5.10 Å². The Labute approximate surface area is 221 Å². The topological polar surface area (TPSA) is 78.0 Å². The molecule has 36 heavy (non-hydrogen) atoms. The minimum absolute atomic E-state index is 0.438. The summed E-state index contributed by atoms with van der Waals surface area (Å²) >= 11 is 7.77. The van der Waals surface area contributed by atoms with Gasteiger partial charge in [0.2, 0.25) is 5.88 Å². The van der Waals surface area contributed by atoms with Crippen LogP contribution < -0.4 is 15.2 Å². The lowest BCUT2D eigenvalue weighted by Gasteiger charge is -2.12. The van der Waals surface area contributed by atoms with Crippen LogP contribution in [0.1, 0.15) is 29.2 Å². The highest BCUT2D eigenvalue weighted by Crippen LogP contribution is 2.32.